The summed E-state index contributed by atoms with van der Waals surface area (Å²) in [7, 11) is 0. The van der Waals surface area contributed by atoms with Gasteiger partial charge in [-0.15, -0.1) is 0 Å². The number of nitrogens with one attached hydrogen (secondary N) is 1. The van der Waals surface area contributed by atoms with Crippen LogP contribution in [0.3, 0.4) is 0 Å². The fraction of sp³-hybridized carbons (Fsp3) is 1.00. The lowest BCUT2D eigenvalue weighted by Gasteiger charge is -2.10. The van der Waals surface area contributed by atoms with Crippen LogP contribution < -0.4 is 5.43 Å². The van der Waals surface area contributed by atoms with E-state index in [-0.39, 0.29) is 0 Å². The molecule has 1 rings (SSSR count). The van der Waals surface area contributed by atoms with Gasteiger partial charge in [0.25, 0.3) is 0 Å². The minimum Gasteiger partial charge on any atom is -0.296 e. The van der Waals surface area contributed by atoms with Crippen molar-refractivity contribution in [1.29, 1.82) is 0 Å². The van der Waals surface area contributed by atoms with Gasteiger partial charge in [-0.3, -0.25) is 10.4 Å². The molecule has 3 N–H and O–H groups in total. The fourth-order valence-corrected chi connectivity index (χ4v) is 0.426. The fourth-order valence-electron chi connectivity index (χ4n) is 0.426. The summed E-state index contributed by atoms with van der Waals surface area (Å²) in [5.41, 5.74) is 2.43. The normalized spacial score (nSPS) is 26.6. The Morgan fingerprint density at radius 2 is 2.14 bits per heavy atom. The highest BCUT2D eigenvalue weighted by Crippen LogP contribution is 1.89. The van der Waals surface area contributed by atoms with Crippen LogP contribution in [0.25, 0.3) is 0 Å². The summed E-state index contributed by atoms with van der Waals surface area (Å²) in [6, 6.07) is 0. The predicted octanol–water partition coefficient (Wildman–Crippen LogP) is -1.20. The van der Waals surface area contributed by atoms with Crippen molar-refractivity contribution in [3.63, 3.8) is 0 Å². The molecule has 1 aliphatic heterocycles. The Kier molecular flexibility index (Phi) is 1.22. The second-order valence-corrected chi connectivity index (χ2v) is 1.29. The van der Waals surface area contributed by atoms with E-state index in [4.69, 9.17) is 10.4 Å². The first-order valence-corrected chi connectivity index (χ1v) is 1.99. The lowest BCUT2D eigenvalue weighted by atomic mass is 10.7. The minimum atomic E-state index is 0.427. The minimum absolute atomic E-state index is 0.427. The molecule has 0 aromatic carbocycles. The maximum atomic E-state index is 8.44. The number of hydrogen-bond donors (Lipinski definition) is 3. The molecule has 42 valence electrons. The molecule has 0 radical (unpaired) electrons. The van der Waals surface area contributed by atoms with Gasteiger partial charge in [0.2, 0.25) is 0 Å². The molecule has 1 fully saturated rings. The summed E-state index contributed by atoms with van der Waals surface area (Å²) in [6.07, 6.45) is 0. The van der Waals surface area contributed by atoms with Crippen molar-refractivity contribution in [1.82, 2.24) is 15.9 Å². The van der Waals surface area contributed by atoms with Gasteiger partial charge in [0.15, 0.2) is 0 Å². The molecule has 1 heterocycles. The number of hydrazine groups is 2. The monoisotopic (exact) mass is 105 g/mol. The van der Waals surface area contributed by atoms with Crippen molar-refractivity contribution in [3.8, 4) is 0 Å². The summed E-state index contributed by atoms with van der Waals surface area (Å²) in [4.78, 5) is 0. The van der Waals surface area contributed by atoms with Crippen LogP contribution in [0.1, 0.15) is 0 Å². The van der Waals surface area contributed by atoms with Crippen LogP contribution in [0.4, 0.5) is 0 Å². The third-order valence-corrected chi connectivity index (χ3v) is 0.784. The first kappa shape index (κ1) is 4.95. The van der Waals surface area contributed by atoms with Gasteiger partial charge in [-0.05, 0) is 5.28 Å². The largest absolute Gasteiger partial charge is 0.296 e. The summed E-state index contributed by atoms with van der Waals surface area (Å²) >= 11 is 0. The van der Waals surface area contributed by atoms with Gasteiger partial charge in [0.1, 0.15) is 0 Å². The number of hydrogen-bond acceptors (Lipinski definition) is 5. The summed E-state index contributed by atoms with van der Waals surface area (Å²) in [6.45, 7) is 1.00. The molecule has 0 aliphatic carbocycles. The Balaban J connectivity index is 2.33. The van der Waals surface area contributed by atoms with E-state index in [0.29, 0.717) is 23.5 Å². The van der Waals surface area contributed by atoms with E-state index in [0.717, 1.165) is 0 Å². The molecule has 0 atom stereocenters. The Morgan fingerprint density at radius 3 is 2.29 bits per heavy atom. The lowest BCUT2D eigenvalue weighted by molar-refractivity contribution is -0.362. The molecule has 0 unspecified atom stereocenters. The van der Waals surface area contributed by atoms with Crippen molar-refractivity contribution in [2.24, 2.45) is 0 Å². The number of nitrogens with zero attached hydrogens (tertiary/aromatic N) is 2. The van der Waals surface area contributed by atoms with E-state index in [2.05, 4.69) is 5.43 Å². The molecule has 0 saturated carbocycles. The predicted molar refractivity (Wildman–Crippen MR) is 20.1 cm³/mol. The molecule has 0 aromatic heterocycles. The van der Waals surface area contributed by atoms with Crippen LogP contribution in [0, 0.1) is 0 Å². The van der Waals surface area contributed by atoms with E-state index in [1.807, 2.05) is 0 Å². The first-order valence-electron chi connectivity index (χ1n) is 1.99. The van der Waals surface area contributed by atoms with Gasteiger partial charge in [0.05, 0.1) is 6.54 Å². The Bertz CT molecular complexity index is 60.0. The molecule has 0 amide bonds. The van der Waals surface area contributed by atoms with Crippen molar-refractivity contribution < 1.29 is 10.4 Å². The zero-order chi connectivity index (χ0) is 5.28. The van der Waals surface area contributed by atoms with Crippen LogP contribution in [-0.2, 0) is 0 Å². The van der Waals surface area contributed by atoms with E-state index in [1.54, 1.807) is 0 Å². The lowest BCUT2D eigenvalue weighted by Crippen LogP contribution is -2.36. The number of hydroxylamine groups is 1. The van der Waals surface area contributed by atoms with Crippen LogP contribution in [0.2, 0.25) is 0 Å². The molecule has 5 heteroatoms. The van der Waals surface area contributed by atoms with Gasteiger partial charge < -0.3 is 0 Å². The molecular weight excluding hydrogens is 98.0 g/mol. The molecule has 7 heavy (non-hydrogen) atoms. The molecule has 0 aromatic rings. The third kappa shape index (κ3) is 0.872. The second-order valence-electron chi connectivity index (χ2n) is 1.29. The van der Waals surface area contributed by atoms with E-state index in [9.17, 15) is 0 Å². The van der Waals surface area contributed by atoms with Crippen LogP contribution in [0.5, 0.6) is 0 Å². The summed E-state index contributed by atoms with van der Waals surface area (Å²) < 4.78 is 0. The highest BCUT2D eigenvalue weighted by molar-refractivity contribution is 4.45. The number of rotatable bonds is 0. The molecule has 1 saturated heterocycles. The zero-order valence-electron chi connectivity index (χ0n) is 3.70. The van der Waals surface area contributed by atoms with Gasteiger partial charge in [-0.1, -0.05) is 5.17 Å². The van der Waals surface area contributed by atoms with E-state index in [1.165, 1.54) is 0 Å². The van der Waals surface area contributed by atoms with E-state index >= 15 is 0 Å². The molecule has 0 spiro atoms. The molecule has 0 bridgehead atoms. The standard InChI is InChI=1S/C2H7N3O2/c6-4-2-1-3-5(4)7/h3,6-7H,1-2H2. The molecule has 1 aliphatic rings. The van der Waals surface area contributed by atoms with Gasteiger partial charge in [0, 0.05) is 6.54 Å². The maximum absolute atomic E-state index is 8.44. The third-order valence-electron chi connectivity index (χ3n) is 0.784. The molecular formula is C2H7N3O2. The van der Waals surface area contributed by atoms with Crippen molar-refractivity contribution in [3.05, 3.63) is 0 Å². The topological polar surface area (TPSA) is 59.0 Å². The summed E-state index contributed by atoms with van der Waals surface area (Å²) in [5, 5.41) is 18.1. The zero-order valence-corrected chi connectivity index (χ0v) is 3.70. The first-order chi connectivity index (χ1) is 3.30. The SMILES string of the molecule is ON1CCNN1O. The molecule has 5 nitrogen and oxygen atoms in total. The van der Waals surface area contributed by atoms with Gasteiger partial charge in [-0.25, -0.2) is 5.43 Å². The quantitative estimate of drug-likeness (QED) is 0.361. The van der Waals surface area contributed by atoms with Gasteiger partial charge in [-0.2, -0.15) is 0 Å². The van der Waals surface area contributed by atoms with Gasteiger partial charge >= 0.3 is 0 Å². The van der Waals surface area contributed by atoms with Crippen LogP contribution in [-0.4, -0.2) is 34.0 Å². The van der Waals surface area contributed by atoms with E-state index < -0.39 is 0 Å². The van der Waals surface area contributed by atoms with Crippen LogP contribution >= 0.6 is 0 Å². The Morgan fingerprint density at radius 1 is 1.43 bits per heavy atom. The summed E-state index contributed by atoms with van der Waals surface area (Å²) in [5.74, 6) is 0. The Hall–Kier alpha value is -0.200. The van der Waals surface area contributed by atoms with Crippen molar-refractivity contribution >= 4 is 0 Å². The van der Waals surface area contributed by atoms with Crippen molar-refractivity contribution in [2.75, 3.05) is 13.1 Å². The Labute approximate surface area is 40.6 Å². The highest BCUT2D eigenvalue weighted by Gasteiger charge is 2.15. The highest BCUT2D eigenvalue weighted by atomic mass is 16.7. The van der Waals surface area contributed by atoms with Crippen molar-refractivity contribution in [2.45, 2.75) is 0 Å². The maximum Gasteiger partial charge on any atom is 0.0579 e. The second kappa shape index (κ2) is 1.73. The van der Waals surface area contributed by atoms with Crippen LogP contribution in [0.15, 0.2) is 0 Å². The smallest absolute Gasteiger partial charge is 0.0579 e. The average Bonchev–Trinajstić information content (AvgIpc) is 1.91. The average molecular weight is 105 g/mol.